The molecule has 0 saturated carbocycles. The Morgan fingerprint density at radius 3 is 2.30 bits per heavy atom. The van der Waals surface area contributed by atoms with Crippen molar-refractivity contribution < 1.29 is 9.59 Å². The number of aromatic nitrogens is 1. The Balaban J connectivity index is 1.64. The van der Waals surface area contributed by atoms with Crippen LogP contribution in [0.1, 0.15) is 37.4 Å². The second kappa shape index (κ2) is 9.37. The number of likely N-dealkylation sites (tertiary alicyclic amines) is 1. The van der Waals surface area contributed by atoms with E-state index in [4.69, 9.17) is 0 Å². The Hall–Kier alpha value is -2.60. The topological polar surface area (TPSA) is 66.4 Å². The number of benzene rings is 1. The molecule has 27 heavy (non-hydrogen) atoms. The van der Waals surface area contributed by atoms with Crippen LogP contribution < -0.4 is 10.6 Å². The second-order valence-corrected chi connectivity index (χ2v) is 7.04. The molecular weight excluding hydrogens is 340 g/mol. The molecule has 2 amide bonds. The minimum Gasteiger partial charge on any atom is -0.353 e. The zero-order valence-corrected chi connectivity index (χ0v) is 15.9. The maximum atomic E-state index is 12.3. The molecule has 6 heteroatoms. The summed E-state index contributed by atoms with van der Waals surface area (Å²) < 4.78 is 2.09. The number of carbonyl (C=O) groups excluding carboxylic acids is 2. The number of hydrogen-bond donors (Lipinski definition) is 2. The van der Waals surface area contributed by atoms with Gasteiger partial charge in [-0.25, -0.2) is 0 Å². The van der Waals surface area contributed by atoms with E-state index in [2.05, 4.69) is 26.2 Å². The van der Waals surface area contributed by atoms with Crippen molar-refractivity contribution in [2.24, 2.45) is 7.05 Å². The number of para-hydroxylation sites is 1. The Labute approximate surface area is 160 Å². The minimum absolute atomic E-state index is 0.0663. The first-order valence-corrected chi connectivity index (χ1v) is 9.64. The minimum atomic E-state index is -0.636. The molecule has 2 N–H and O–H groups in total. The van der Waals surface area contributed by atoms with E-state index in [9.17, 15) is 9.59 Å². The van der Waals surface area contributed by atoms with E-state index >= 15 is 0 Å². The van der Waals surface area contributed by atoms with Gasteiger partial charge in [-0.1, -0.05) is 31.0 Å². The molecule has 144 valence electrons. The van der Waals surface area contributed by atoms with E-state index < -0.39 is 11.8 Å². The lowest BCUT2D eigenvalue weighted by Gasteiger charge is -2.31. The molecule has 3 rings (SSSR count). The van der Waals surface area contributed by atoms with E-state index in [0.717, 1.165) is 18.8 Å². The van der Waals surface area contributed by atoms with Crippen LogP contribution in [0.25, 0.3) is 0 Å². The van der Waals surface area contributed by atoms with Gasteiger partial charge in [0.2, 0.25) is 0 Å². The Morgan fingerprint density at radius 1 is 0.963 bits per heavy atom. The van der Waals surface area contributed by atoms with Crippen molar-refractivity contribution in [3.63, 3.8) is 0 Å². The van der Waals surface area contributed by atoms with E-state index in [1.54, 1.807) is 12.1 Å². The lowest BCUT2D eigenvalue weighted by molar-refractivity contribution is -0.136. The third-order valence-corrected chi connectivity index (χ3v) is 5.10. The van der Waals surface area contributed by atoms with Crippen LogP contribution in [0.2, 0.25) is 0 Å². The van der Waals surface area contributed by atoms with Crippen molar-refractivity contribution in [1.29, 1.82) is 0 Å². The Kier molecular flexibility index (Phi) is 6.65. The normalized spacial score (nSPS) is 16.3. The number of rotatable bonds is 5. The van der Waals surface area contributed by atoms with Gasteiger partial charge in [-0.2, -0.15) is 0 Å². The van der Waals surface area contributed by atoms with E-state index in [0.29, 0.717) is 12.2 Å². The monoisotopic (exact) mass is 368 g/mol. The van der Waals surface area contributed by atoms with Crippen LogP contribution in [-0.4, -0.2) is 40.9 Å². The van der Waals surface area contributed by atoms with Gasteiger partial charge >= 0.3 is 11.8 Å². The number of nitrogens with zero attached hydrogens (tertiary/aromatic N) is 2. The molecule has 0 aliphatic carbocycles. The molecule has 1 aromatic heterocycles. The number of aryl methyl sites for hydroxylation is 1. The predicted octanol–water partition coefficient (Wildman–Crippen LogP) is 2.70. The van der Waals surface area contributed by atoms with Gasteiger partial charge in [0, 0.05) is 31.2 Å². The summed E-state index contributed by atoms with van der Waals surface area (Å²) in [5.41, 5.74) is 1.77. The van der Waals surface area contributed by atoms with Crippen LogP contribution in [0.15, 0.2) is 48.7 Å². The molecule has 1 aliphatic rings. The fraction of sp³-hybridized carbons (Fsp3) is 0.429. The maximum absolute atomic E-state index is 12.3. The van der Waals surface area contributed by atoms with Gasteiger partial charge in [0.25, 0.3) is 0 Å². The fourth-order valence-corrected chi connectivity index (χ4v) is 3.63. The predicted molar refractivity (Wildman–Crippen MR) is 106 cm³/mol. The van der Waals surface area contributed by atoms with Gasteiger partial charge in [-0.05, 0) is 50.2 Å². The third kappa shape index (κ3) is 5.20. The highest BCUT2D eigenvalue weighted by molar-refractivity contribution is 6.39. The smallest absolute Gasteiger partial charge is 0.313 e. The average molecular weight is 368 g/mol. The molecular formula is C21H28N4O2. The number of nitrogens with one attached hydrogen (secondary N) is 2. The highest BCUT2D eigenvalue weighted by Crippen LogP contribution is 2.24. The first-order chi connectivity index (χ1) is 13.1. The lowest BCUT2D eigenvalue weighted by atomic mass is 10.1. The van der Waals surface area contributed by atoms with Crippen molar-refractivity contribution in [3.8, 4) is 0 Å². The second-order valence-electron chi connectivity index (χ2n) is 7.04. The molecule has 1 saturated heterocycles. The van der Waals surface area contributed by atoms with Crippen molar-refractivity contribution >= 4 is 17.5 Å². The van der Waals surface area contributed by atoms with Gasteiger partial charge in [0.1, 0.15) is 0 Å². The SMILES string of the molecule is Cn1cccc1C(CNC(=O)C(=O)Nc1ccccc1)N1CCCCCC1. The zero-order valence-electron chi connectivity index (χ0n) is 15.9. The fourth-order valence-electron chi connectivity index (χ4n) is 3.63. The standard InChI is InChI=1S/C21H28N4O2/c1-24-13-9-12-18(24)19(25-14-7-2-3-8-15-25)16-22-20(26)21(27)23-17-10-5-4-6-11-17/h4-6,9-13,19H,2-3,7-8,14-16H2,1H3,(H,22,26)(H,23,27). The largest absolute Gasteiger partial charge is 0.353 e. The number of amides is 2. The molecule has 0 radical (unpaired) electrons. The summed E-state index contributed by atoms with van der Waals surface area (Å²) >= 11 is 0. The molecule has 6 nitrogen and oxygen atoms in total. The van der Waals surface area contributed by atoms with Crippen LogP contribution in [-0.2, 0) is 16.6 Å². The number of carbonyl (C=O) groups is 2. The maximum Gasteiger partial charge on any atom is 0.313 e. The van der Waals surface area contributed by atoms with Crippen molar-refractivity contribution in [2.45, 2.75) is 31.7 Å². The van der Waals surface area contributed by atoms with E-state index in [1.165, 1.54) is 25.7 Å². The molecule has 0 bridgehead atoms. The molecule has 1 unspecified atom stereocenters. The third-order valence-electron chi connectivity index (χ3n) is 5.10. The summed E-state index contributed by atoms with van der Waals surface area (Å²) in [5, 5.41) is 5.46. The zero-order chi connectivity index (χ0) is 19.1. The van der Waals surface area contributed by atoms with Gasteiger partial charge in [-0.3, -0.25) is 14.5 Å². The summed E-state index contributed by atoms with van der Waals surface area (Å²) in [6.07, 6.45) is 6.86. The van der Waals surface area contributed by atoms with Crippen molar-refractivity contribution in [3.05, 3.63) is 54.4 Å². The quantitative estimate of drug-likeness (QED) is 0.798. The molecule has 0 spiro atoms. The lowest BCUT2D eigenvalue weighted by Crippen LogP contribution is -2.42. The van der Waals surface area contributed by atoms with Crippen LogP contribution in [0.4, 0.5) is 5.69 Å². The van der Waals surface area contributed by atoms with Gasteiger partial charge < -0.3 is 15.2 Å². The molecule has 1 fully saturated rings. The van der Waals surface area contributed by atoms with Gasteiger partial charge in [0.05, 0.1) is 6.04 Å². The Morgan fingerprint density at radius 2 is 1.67 bits per heavy atom. The van der Waals surface area contributed by atoms with Gasteiger partial charge in [0.15, 0.2) is 0 Å². The summed E-state index contributed by atoms with van der Waals surface area (Å²) in [7, 11) is 2.02. The molecule has 1 aromatic carbocycles. The molecule has 2 aromatic rings. The highest BCUT2D eigenvalue weighted by Gasteiger charge is 2.25. The first kappa shape index (κ1) is 19.2. The Bertz CT molecular complexity index is 749. The van der Waals surface area contributed by atoms with Crippen molar-refractivity contribution in [1.82, 2.24) is 14.8 Å². The molecule has 1 atom stereocenters. The molecule has 1 aliphatic heterocycles. The first-order valence-electron chi connectivity index (χ1n) is 9.64. The summed E-state index contributed by atoms with van der Waals surface area (Å²) in [5.74, 6) is -1.24. The van der Waals surface area contributed by atoms with Crippen molar-refractivity contribution in [2.75, 3.05) is 25.0 Å². The molecule has 2 heterocycles. The summed E-state index contributed by atoms with van der Waals surface area (Å²) in [4.78, 5) is 26.9. The number of hydrogen-bond acceptors (Lipinski definition) is 3. The highest BCUT2D eigenvalue weighted by atomic mass is 16.2. The van der Waals surface area contributed by atoms with Crippen LogP contribution >= 0.6 is 0 Å². The van der Waals surface area contributed by atoms with E-state index in [-0.39, 0.29) is 6.04 Å². The van der Waals surface area contributed by atoms with Crippen LogP contribution in [0.5, 0.6) is 0 Å². The van der Waals surface area contributed by atoms with Crippen LogP contribution in [0.3, 0.4) is 0 Å². The average Bonchev–Trinajstić information content (AvgIpc) is 2.93. The van der Waals surface area contributed by atoms with E-state index in [1.807, 2.05) is 37.5 Å². The summed E-state index contributed by atoms with van der Waals surface area (Å²) in [6.45, 7) is 2.45. The van der Waals surface area contributed by atoms with Gasteiger partial charge in [-0.15, -0.1) is 0 Å². The number of anilines is 1. The van der Waals surface area contributed by atoms with Crippen LogP contribution in [0, 0.1) is 0 Å². The summed E-state index contributed by atoms with van der Waals surface area (Å²) in [6, 6.07) is 13.2.